The van der Waals surface area contributed by atoms with Crippen molar-refractivity contribution in [2.45, 2.75) is 44.8 Å². The molecule has 0 unspecified atom stereocenters. The van der Waals surface area contributed by atoms with Crippen molar-refractivity contribution in [3.05, 3.63) is 18.0 Å². The molecule has 2 fully saturated rings. The molecule has 2 aliphatic heterocycles. The molecular formula is C15H24N4O3S. The van der Waals surface area contributed by atoms with Gasteiger partial charge in [-0.2, -0.15) is 5.10 Å². The molecule has 2 aliphatic rings. The van der Waals surface area contributed by atoms with Crippen molar-refractivity contribution in [2.24, 2.45) is 0 Å². The number of aryl methyl sites for hydroxylation is 1. The highest BCUT2D eigenvalue weighted by molar-refractivity contribution is 7.91. The van der Waals surface area contributed by atoms with E-state index in [1.165, 1.54) is 0 Å². The van der Waals surface area contributed by atoms with Crippen LogP contribution in [0.2, 0.25) is 0 Å². The van der Waals surface area contributed by atoms with E-state index >= 15 is 0 Å². The number of nitrogens with zero attached hydrogens (tertiary/aromatic N) is 3. The molecule has 8 heteroatoms. The van der Waals surface area contributed by atoms with Crippen molar-refractivity contribution in [3.8, 4) is 0 Å². The Bertz CT molecular complexity index is 670. The highest BCUT2D eigenvalue weighted by Crippen LogP contribution is 2.19. The summed E-state index contributed by atoms with van der Waals surface area (Å²) in [7, 11) is -2.96. The van der Waals surface area contributed by atoms with Crippen LogP contribution in [0, 0.1) is 6.92 Å². The SMILES string of the molecule is Cc1cnn(C[C@H]2CCCN2CC(=O)N[C@H]2CCS(=O)(=O)C2)c1. The predicted octanol–water partition coefficient (Wildman–Crippen LogP) is -0.0408. The zero-order valence-electron chi connectivity index (χ0n) is 13.4. The first-order chi connectivity index (χ1) is 10.9. The second-order valence-corrected chi connectivity index (χ2v) is 8.90. The number of nitrogens with one attached hydrogen (secondary N) is 1. The van der Waals surface area contributed by atoms with E-state index in [0.29, 0.717) is 19.0 Å². The maximum atomic E-state index is 12.2. The molecule has 3 rings (SSSR count). The first-order valence-corrected chi connectivity index (χ1v) is 9.96. The van der Waals surface area contributed by atoms with Crippen LogP contribution in [-0.4, -0.2) is 65.7 Å². The first-order valence-electron chi connectivity index (χ1n) is 8.14. The zero-order valence-corrected chi connectivity index (χ0v) is 14.3. The Balaban J connectivity index is 1.51. The van der Waals surface area contributed by atoms with Crippen LogP contribution in [0.5, 0.6) is 0 Å². The minimum Gasteiger partial charge on any atom is -0.351 e. The molecule has 0 aromatic carbocycles. The molecule has 23 heavy (non-hydrogen) atoms. The Morgan fingerprint density at radius 2 is 2.26 bits per heavy atom. The summed E-state index contributed by atoms with van der Waals surface area (Å²) in [4.78, 5) is 14.4. The van der Waals surface area contributed by atoms with Crippen LogP contribution in [0.4, 0.5) is 0 Å². The van der Waals surface area contributed by atoms with Gasteiger partial charge in [0.25, 0.3) is 0 Å². The van der Waals surface area contributed by atoms with E-state index in [0.717, 1.165) is 31.5 Å². The summed E-state index contributed by atoms with van der Waals surface area (Å²) in [5.74, 6) is 0.188. The Kier molecular flexibility index (Phi) is 4.72. The van der Waals surface area contributed by atoms with Gasteiger partial charge in [0.15, 0.2) is 9.84 Å². The average Bonchev–Trinajstić information content (AvgIpc) is 3.14. The number of hydrogen-bond acceptors (Lipinski definition) is 5. The molecule has 1 aromatic rings. The molecule has 3 heterocycles. The molecule has 0 saturated carbocycles. The fourth-order valence-electron chi connectivity index (χ4n) is 3.46. The standard InChI is InChI=1S/C15H24N4O3S/c1-12-7-16-19(8-12)9-14-3-2-5-18(14)10-15(20)17-13-4-6-23(21,22)11-13/h7-8,13-14H,2-6,9-11H2,1H3,(H,17,20)/t13-,14+/m0/s1. The Labute approximate surface area is 137 Å². The molecule has 1 aromatic heterocycles. The lowest BCUT2D eigenvalue weighted by Gasteiger charge is -2.24. The van der Waals surface area contributed by atoms with Gasteiger partial charge in [-0.1, -0.05) is 0 Å². The van der Waals surface area contributed by atoms with Crippen molar-refractivity contribution in [2.75, 3.05) is 24.6 Å². The lowest BCUT2D eigenvalue weighted by atomic mass is 10.2. The fourth-order valence-corrected chi connectivity index (χ4v) is 5.13. The van der Waals surface area contributed by atoms with E-state index in [4.69, 9.17) is 0 Å². The number of sulfone groups is 1. The Morgan fingerprint density at radius 3 is 2.91 bits per heavy atom. The molecule has 0 radical (unpaired) electrons. The van der Waals surface area contributed by atoms with Gasteiger partial charge in [0, 0.05) is 18.3 Å². The molecule has 0 bridgehead atoms. The topological polar surface area (TPSA) is 84.3 Å². The number of carbonyl (C=O) groups is 1. The minimum atomic E-state index is -2.96. The molecule has 1 N–H and O–H groups in total. The first kappa shape index (κ1) is 16.4. The number of amides is 1. The molecule has 1 amide bonds. The van der Waals surface area contributed by atoms with Crippen LogP contribution in [0.1, 0.15) is 24.8 Å². The van der Waals surface area contributed by atoms with E-state index in [2.05, 4.69) is 15.3 Å². The maximum absolute atomic E-state index is 12.2. The number of rotatable bonds is 5. The molecular weight excluding hydrogens is 316 g/mol. The van der Waals surface area contributed by atoms with E-state index < -0.39 is 9.84 Å². The van der Waals surface area contributed by atoms with E-state index in [9.17, 15) is 13.2 Å². The normalized spacial score (nSPS) is 27.3. The van der Waals surface area contributed by atoms with E-state index in [1.54, 1.807) is 0 Å². The molecule has 7 nitrogen and oxygen atoms in total. The summed E-state index contributed by atoms with van der Waals surface area (Å²) >= 11 is 0. The third-order valence-corrected chi connectivity index (χ3v) is 6.37. The Morgan fingerprint density at radius 1 is 1.43 bits per heavy atom. The molecule has 0 spiro atoms. The van der Waals surface area contributed by atoms with Crippen molar-refractivity contribution in [3.63, 3.8) is 0 Å². The fraction of sp³-hybridized carbons (Fsp3) is 0.733. The van der Waals surface area contributed by atoms with Gasteiger partial charge in [-0.15, -0.1) is 0 Å². The number of hydrogen-bond donors (Lipinski definition) is 1. The second-order valence-electron chi connectivity index (χ2n) is 6.67. The van der Waals surface area contributed by atoms with Gasteiger partial charge < -0.3 is 5.32 Å². The van der Waals surface area contributed by atoms with Crippen LogP contribution in [0.3, 0.4) is 0 Å². The zero-order chi connectivity index (χ0) is 16.4. The second kappa shape index (κ2) is 6.60. The summed E-state index contributed by atoms with van der Waals surface area (Å²) in [5.41, 5.74) is 1.13. The monoisotopic (exact) mass is 340 g/mol. The van der Waals surface area contributed by atoms with Gasteiger partial charge in [0.2, 0.25) is 5.91 Å². The molecule has 0 aliphatic carbocycles. The summed E-state index contributed by atoms with van der Waals surface area (Å²) in [6, 6.07) is 0.0923. The van der Waals surface area contributed by atoms with Crippen LogP contribution in [-0.2, 0) is 21.2 Å². The van der Waals surface area contributed by atoms with Crippen molar-refractivity contribution in [1.29, 1.82) is 0 Å². The molecule has 2 saturated heterocycles. The summed E-state index contributed by atoms with van der Waals surface area (Å²) < 4.78 is 24.8. The third kappa shape index (κ3) is 4.32. The number of likely N-dealkylation sites (tertiary alicyclic amines) is 1. The highest BCUT2D eigenvalue weighted by Gasteiger charge is 2.31. The number of aromatic nitrogens is 2. The lowest BCUT2D eigenvalue weighted by molar-refractivity contribution is -0.123. The summed E-state index contributed by atoms with van der Waals surface area (Å²) in [5, 5.41) is 7.18. The Hall–Kier alpha value is -1.41. The third-order valence-electron chi connectivity index (χ3n) is 4.60. The van der Waals surface area contributed by atoms with E-state index in [1.807, 2.05) is 24.0 Å². The van der Waals surface area contributed by atoms with Crippen molar-refractivity contribution < 1.29 is 13.2 Å². The van der Waals surface area contributed by atoms with Crippen LogP contribution in [0.15, 0.2) is 12.4 Å². The van der Waals surface area contributed by atoms with Gasteiger partial charge >= 0.3 is 0 Å². The van der Waals surface area contributed by atoms with Gasteiger partial charge in [-0.3, -0.25) is 14.4 Å². The predicted molar refractivity (Wildman–Crippen MR) is 86.8 cm³/mol. The van der Waals surface area contributed by atoms with Gasteiger partial charge in [-0.25, -0.2) is 8.42 Å². The molecule has 2 atom stereocenters. The van der Waals surface area contributed by atoms with Crippen molar-refractivity contribution in [1.82, 2.24) is 20.0 Å². The van der Waals surface area contributed by atoms with E-state index in [-0.39, 0.29) is 23.5 Å². The largest absolute Gasteiger partial charge is 0.351 e. The number of carbonyl (C=O) groups excluding carboxylic acids is 1. The van der Waals surface area contributed by atoms with Gasteiger partial charge in [0.1, 0.15) is 0 Å². The lowest BCUT2D eigenvalue weighted by Crippen LogP contribution is -2.45. The van der Waals surface area contributed by atoms with Crippen molar-refractivity contribution >= 4 is 15.7 Å². The van der Waals surface area contributed by atoms with Crippen LogP contribution >= 0.6 is 0 Å². The van der Waals surface area contributed by atoms with Gasteiger partial charge in [-0.05, 0) is 38.3 Å². The quantitative estimate of drug-likeness (QED) is 0.813. The highest BCUT2D eigenvalue weighted by atomic mass is 32.2. The van der Waals surface area contributed by atoms with Crippen LogP contribution in [0.25, 0.3) is 0 Å². The summed E-state index contributed by atoms with van der Waals surface area (Å²) in [6.45, 7) is 4.04. The van der Waals surface area contributed by atoms with Gasteiger partial charge in [0.05, 0.1) is 30.8 Å². The van der Waals surface area contributed by atoms with Crippen LogP contribution < -0.4 is 5.32 Å². The molecule has 128 valence electrons. The average molecular weight is 340 g/mol. The minimum absolute atomic E-state index is 0.0735. The maximum Gasteiger partial charge on any atom is 0.234 e. The smallest absolute Gasteiger partial charge is 0.234 e. The summed E-state index contributed by atoms with van der Waals surface area (Å²) in [6.07, 6.45) is 6.52.